The van der Waals surface area contributed by atoms with Crippen LogP contribution in [-0.2, 0) is 0 Å². The van der Waals surface area contributed by atoms with Gasteiger partial charge in [-0.1, -0.05) is 46.6 Å². The fourth-order valence-corrected chi connectivity index (χ4v) is 5.55. The van der Waals surface area contributed by atoms with Crippen molar-refractivity contribution in [2.45, 2.75) is 78.9 Å². The molecular weight excluding hydrogens is 492 g/mol. The summed E-state index contributed by atoms with van der Waals surface area (Å²) in [6, 6.07) is 1.87. The first-order valence-corrected chi connectivity index (χ1v) is 14.4. The molecule has 1 aliphatic carbocycles. The molecule has 206 valence electrons. The van der Waals surface area contributed by atoms with Crippen LogP contribution in [0.15, 0.2) is 64.8 Å². The summed E-state index contributed by atoms with van der Waals surface area (Å²) in [4.78, 5) is 25.5. The summed E-state index contributed by atoms with van der Waals surface area (Å²) in [5, 5.41) is 0.0362. The molecule has 4 nitrogen and oxygen atoms in total. The van der Waals surface area contributed by atoms with Crippen LogP contribution < -0.4 is 9.47 Å². The van der Waals surface area contributed by atoms with E-state index in [4.69, 9.17) is 9.47 Å². The molecule has 0 saturated carbocycles. The van der Waals surface area contributed by atoms with Gasteiger partial charge in [0.2, 0.25) is 0 Å². The summed E-state index contributed by atoms with van der Waals surface area (Å²) in [5.41, 5.74) is 6.88. The first-order valence-electron chi connectivity index (χ1n) is 13.3. The average molecular weight is 537 g/mol. The van der Waals surface area contributed by atoms with E-state index in [1.807, 2.05) is 17.8 Å². The van der Waals surface area contributed by atoms with Crippen LogP contribution in [0.4, 0.5) is 0 Å². The maximum atomic E-state index is 12.8. The molecule has 0 radical (unpaired) electrons. The molecule has 1 aromatic rings. The Morgan fingerprint density at radius 1 is 0.789 bits per heavy atom. The van der Waals surface area contributed by atoms with Gasteiger partial charge >= 0.3 is 0 Å². The average Bonchev–Trinajstić information content (AvgIpc) is 2.86. The van der Waals surface area contributed by atoms with Gasteiger partial charge in [0.1, 0.15) is 11.5 Å². The van der Waals surface area contributed by atoms with E-state index in [2.05, 4.69) is 65.8 Å². The van der Waals surface area contributed by atoms with Crippen LogP contribution in [0, 0.1) is 0 Å². The van der Waals surface area contributed by atoms with Gasteiger partial charge in [0, 0.05) is 16.6 Å². The number of methoxy groups -OCH3 is 2. The Hall–Kier alpha value is -2.79. The van der Waals surface area contributed by atoms with Gasteiger partial charge in [-0.3, -0.25) is 9.59 Å². The van der Waals surface area contributed by atoms with Crippen molar-refractivity contribution < 1.29 is 19.1 Å². The number of hydrogen-bond donors (Lipinski definition) is 0. The fourth-order valence-electron chi connectivity index (χ4n) is 4.35. The summed E-state index contributed by atoms with van der Waals surface area (Å²) < 4.78 is 11.4. The molecule has 1 unspecified atom stereocenters. The van der Waals surface area contributed by atoms with Gasteiger partial charge in [-0.25, -0.2) is 0 Å². The number of benzene rings is 1. The van der Waals surface area contributed by atoms with Crippen molar-refractivity contribution in [3.63, 3.8) is 0 Å². The van der Waals surface area contributed by atoms with Crippen molar-refractivity contribution in [1.82, 2.24) is 0 Å². The van der Waals surface area contributed by atoms with Crippen LogP contribution in [0.2, 0.25) is 0 Å². The second-order valence-electron chi connectivity index (χ2n) is 10.3. The van der Waals surface area contributed by atoms with Crippen molar-refractivity contribution in [1.29, 1.82) is 0 Å². The van der Waals surface area contributed by atoms with E-state index < -0.39 is 0 Å². The lowest BCUT2D eigenvalue weighted by molar-refractivity contribution is 0.0988. The van der Waals surface area contributed by atoms with E-state index in [9.17, 15) is 9.59 Å². The molecule has 0 N–H and O–H groups in total. The van der Waals surface area contributed by atoms with Crippen LogP contribution in [0.1, 0.15) is 105 Å². The molecule has 0 aliphatic heterocycles. The van der Waals surface area contributed by atoms with Crippen LogP contribution in [0.25, 0.3) is 0 Å². The molecule has 0 amide bonds. The minimum absolute atomic E-state index is 0.0362. The molecule has 1 aliphatic rings. The molecule has 1 atom stereocenters. The number of carbonyl (C=O) groups is 2. The summed E-state index contributed by atoms with van der Waals surface area (Å²) in [5.74, 6) is 1.25. The maximum Gasteiger partial charge on any atom is 0.190 e. The van der Waals surface area contributed by atoms with Crippen LogP contribution in [0.3, 0.4) is 0 Å². The van der Waals surface area contributed by atoms with E-state index in [1.165, 1.54) is 41.6 Å². The molecule has 0 bridgehead atoms. The lowest BCUT2D eigenvalue weighted by atomic mass is 9.89. The highest BCUT2D eigenvalue weighted by Crippen LogP contribution is 2.45. The van der Waals surface area contributed by atoms with E-state index in [-0.39, 0.29) is 22.4 Å². The van der Waals surface area contributed by atoms with E-state index in [1.54, 1.807) is 7.11 Å². The lowest BCUT2D eigenvalue weighted by Crippen LogP contribution is -2.16. The van der Waals surface area contributed by atoms with Gasteiger partial charge in [-0.15, -0.1) is 11.8 Å². The third-order valence-electron chi connectivity index (χ3n) is 6.51. The van der Waals surface area contributed by atoms with E-state index in [0.29, 0.717) is 17.1 Å². The van der Waals surface area contributed by atoms with Gasteiger partial charge in [0.05, 0.1) is 25.3 Å². The number of ketones is 2. The van der Waals surface area contributed by atoms with Crippen molar-refractivity contribution in [2.75, 3.05) is 20.0 Å². The highest BCUT2D eigenvalue weighted by Gasteiger charge is 2.31. The number of hydrogen-bond acceptors (Lipinski definition) is 5. The van der Waals surface area contributed by atoms with Gasteiger partial charge in [-0.05, 0) is 91.9 Å². The molecule has 0 heterocycles. The Bertz CT molecular complexity index is 1160. The molecule has 5 heteroatoms. The second kappa shape index (κ2) is 15.6. The zero-order chi connectivity index (χ0) is 28.2. The smallest absolute Gasteiger partial charge is 0.190 e. The normalized spacial score (nSPS) is 14.2. The van der Waals surface area contributed by atoms with E-state index in [0.717, 1.165) is 43.4 Å². The molecule has 1 aromatic carbocycles. The highest BCUT2D eigenvalue weighted by atomic mass is 32.2. The van der Waals surface area contributed by atoms with Crippen molar-refractivity contribution in [3.05, 3.63) is 81.5 Å². The maximum absolute atomic E-state index is 12.8. The third-order valence-corrected chi connectivity index (χ3v) is 7.72. The van der Waals surface area contributed by atoms with Gasteiger partial charge < -0.3 is 9.47 Å². The molecular formula is C33H44O4S. The quantitative estimate of drug-likeness (QED) is 0.222. The molecule has 2 rings (SSSR count). The van der Waals surface area contributed by atoms with Crippen LogP contribution in [0.5, 0.6) is 11.5 Å². The van der Waals surface area contributed by atoms with Crippen molar-refractivity contribution in [3.8, 4) is 11.5 Å². The molecule has 0 aromatic heterocycles. The Kier molecular flexibility index (Phi) is 12.9. The van der Waals surface area contributed by atoms with Crippen LogP contribution in [-0.4, -0.2) is 31.5 Å². The highest BCUT2D eigenvalue weighted by molar-refractivity contribution is 7.99. The van der Waals surface area contributed by atoms with Gasteiger partial charge in [0.15, 0.2) is 11.6 Å². The Morgan fingerprint density at radius 3 is 1.95 bits per heavy atom. The predicted octanol–water partition coefficient (Wildman–Crippen LogP) is 9.19. The van der Waals surface area contributed by atoms with Crippen molar-refractivity contribution >= 4 is 23.3 Å². The van der Waals surface area contributed by atoms with Gasteiger partial charge in [-0.2, -0.15) is 0 Å². The third kappa shape index (κ3) is 9.20. The monoisotopic (exact) mass is 536 g/mol. The first kappa shape index (κ1) is 31.4. The van der Waals surface area contributed by atoms with Gasteiger partial charge in [0.25, 0.3) is 0 Å². The summed E-state index contributed by atoms with van der Waals surface area (Å²) in [7, 11) is 3.09. The largest absolute Gasteiger partial charge is 0.496 e. The number of thioether (sulfide) groups is 1. The van der Waals surface area contributed by atoms with Crippen LogP contribution >= 0.6 is 11.8 Å². The lowest BCUT2D eigenvalue weighted by Gasteiger charge is -2.24. The Morgan fingerprint density at radius 2 is 1.37 bits per heavy atom. The zero-order valence-corrected chi connectivity index (χ0v) is 25.2. The summed E-state index contributed by atoms with van der Waals surface area (Å²) >= 11 is 1.81. The first-order chi connectivity index (χ1) is 18.1. The number of rotatable bonds is 14. The number of allylic oxidation sites excluding steroid dienone is 9. The minimum atomic E-state index is -0.241. The Labute approximate surface area is 234 Å². The molecule has 0 fully saturated rings. The van der Waals surface area contributed by atoms with Crippen molar-refractivity contribution in [2.24, 2.45) is 0 Å². The molecule has 0 saturated heterocycles. The minimum Gasteiger partial charge on any atom is -0.496 e. The summed E-state index contributed by atoms with van der Waals surface area (Å²) in [6.45, 7) is 12.9. The zero-order valence-electron chi connectivity index (χ0n) is 24.4. The predicted molar refractivity (Wildman–Crippen MR) is 162 cm³/mol. The molecule has 0 spiro atoms. The number of ether oxygens (including phenoxy) is 2. The fraction of sp³-hybridized carbons (Fsp3) is 0.455. The number of fused-ring (bicyclic) bond motifs is 1. The Balaban J connectivity index is 2.23. The number of carbonyl (C=O) groups excluding carboxylic acids is 2. The summed E-state index contributed by atoms with van der Waals surface area (Å²) in [6.07, 6.45) is 16.9. The SMILES string of the molecule is COc1cc(C(CC=C(C)C)SCC=C(C)CCC=C(C)CCC=C(C)C)c(OC)c2c1C(=O)C=CC2=O. The van der Waals surface area contributed by atoms with E-state index >= 15 is 0 Å². The standard InChI is InChI=1S/C33H44O4S/c1-22(2)11-9-12-24(5)13-10-14-25(6)19-20-38-30(18-15-23(3)4)26-21-29(36-7)31-27(34)16-17-28(35)32(31)33(26)37-8/h11,13,15-17,19,21,30H,9-10,12,14,18,20H2,1-8H3. The topological polar surface area (TPSA) is 52.6 Å². The second-order valence-corrected chi connectivity index (χ2v) is 11.5. The molecule has 38 heavy (non-hydrogen) atoms.